The van der Waals surface area contributed by atoms with Crippen LogP contribution in [0.3, 0.4) is 0 Å². The number of carboxylic acids is 1. The molecule has 0 aliphatic carbocycles. The first-order chi connectivity index (χ1) is 10.1. The number of aliphatic carboxylic acids is 1. The average molecular weight is 309 g/mol. The molecular formula is C15H17ClN2O3. The Morgan fingerprint density at radius 2 is 2.00 bits per heavy atom. The molecule has 6 heteroatoms. The molecule has 1 atom stereocenters. The van der Waals surface area contributed by atoms with Crippen LogP contribution in [0.1, 0.15) is 19.3 Å². The normalized spacial score (nSPS) is 22.1. The second-order valence-electron chi connectivity index (χ2n) is 5.57. The minimum absolute atomic E-state index is 0.0564. The number of halogens is 1. The topological polar surface area (TPSA) is 60.9 Å². The molecular weight excluding hydrogens is 292 g/mol. The first kappa shape index (κ1) is 14.2. The van der Waals surface area contributed by atoms with Crippen molar-refractivity contribution in [3.63, 3.8) is 0 Å². The summed E-state index contributed by atoms with van der Waals surface area (Å²) in [6, 6.07) is 5.53. The molecule has 2 heterocycles. The molecule has 1 unspecified atom stereocenters. The molecule has 1 amide bonds. The van der Waals surface area contributed by atoms with E-state index in [2.05, 4.69) is 4.90 Å². The van der Waals surface area contributed by atoms with Gasteiger partial charge < -0.3 is 14.9 Å². The fourth-order valence-corrected chi connectivity index (χ4v) is 3.30. The van der Waals surface area contributed by atoms with Gasteiger partial charge in [0.2, 0.25) is 5.91 Å². The maximum Gasteiger partial charge on any atom is 0.308 e. The highest BCUT2D eigenvalue weighted by Gasteiger charge is 2.35. The molecule has 2 fully saturated rings. The molecule has 1 aromatic rings. The molecule has 5 nitrogen and oxygen atoms in total. The minimum atomic E-state index is -0.925. The number of hydrogen-bond acceptors (Lipinski definition) is 3. The monoisotopic (exact) mass is 308 g/mol. The van der Waals surface area contributed by atoms with Gasteiger partial charge in [-0.3, -0.25) is 9.59 Å². The Hall–Kier alpha value is -1.75. The summed E-state index contributed by atoms with van der Waals surface area (Å²) in [6.45, 7) is 2.22. The average Bonchev–Trinajstić information content (AvgIpc) is 3.07. The van der Waals surface area contributed by atoms with Crippen LogP contribution in [0.2, 0.25) is 5.02 Å². The largest absolute Gasteiger partial charge is 0.481 e. The highest BCUT2D eigenvalue weighted by atomic mass is 35.5. The molecule has 0 spiro atoms. The van der Waals surface area contributed by atoms with Crippen LogP contribution in [0, 0.1) is 5.92 Å². The Bertz CT molecular complexity index is 584. The van der Waals surface area contributed by atoms with Crippen LogP contribution in [0.4, 0.5) is 11.4 Å². The number of benzene rings is 1. The standard InChI is InChI=1S/C15H17ClN2O3/c16-12-8-11(3-4-13(12)17-5-1-2-6-17)18-9-10(15(20)21)7-14(18)19/h3-4,8,10H,1-2,5-7,9H2,(H,20,21). The van der Waals surface area contributed by atoms with E-state index in [4.69, 9.17) is 16.7 Å². The Balaban J connectivity index is 1.82. The van der Waals surface area contributed by atoms with E-state index in [1.807, 2.05) is 12.1 Å². The molecule has 0 saturated carbocycles. The van der Waals surface area contributed by atoms with Crippen molar-refractivity contribution in [2.75, 3.05) is 29.4 Å². The zero-order valence-corrected chi connectivity index (χ0v) is 12.3. The van der Waals surface area contributed by atoms with Crippen LogP contribution in [0.15, 0.2) is 18.2 Å². The van der Waals surface area contributed by atoms with E-state index in [1.165, 1.54) is 17.7 Å². The molecule has 2 aliphatic heterocycles. The number of amides is 1. The molecule has 0 radical (unpaired) electrons. The first-order valence-corrected chi connectivity index (χ1v) is 7.52. The van der Waals surface area contributed by atoms with E-state index in [1.54, 1.807) is 6.07 Å². The molecule has 0 bridgehead atoms. The number of carboxylic acid groups (broad SMARTS) is 1. The molecule has 0 aromatic heterocycles. The zero-order chi connectivity index (χ0) is 15.0. The van der Waals surface area contributed by atoms with Crippen LogP contribution in [-0.4, -0.2) is 36.6 Å². The summed E-state index contributed by atoms with van der Waals surface area (Å²) in [7, 11) is 0. The molecule has 2 saturated heterocycles. The van der Waals surface area contributed by atoms with Crippen LogP contribution in [0.25, 0.3) is 0 Å². The van der Waals surface area contributed by atoms with Crippen LogP contribution in [-0.2, 0) is 9.59 Å². The number of nitrogens with zero attached hydrogens (tertiary/aromatic N) is 2. The van der Waals surface area contributed by atoms with Gasteiger partial charge in [-0.2, -0.15) is 0 Å². The lowest BCUT2D eigenvalue weighted by Gasteiger charge is -2.22. The number of carbonyl (C=O) groups is 2. The lowest BCUT2D eigenvalue weighted by atomic mass is 10.1. The van der Waals surface area contributed by atoms with Gasteiger partial charge in [0.05, 0.1) is 16.6 Å². The van der Waals surface area contributed by atoms with Gasteiger partial charge in [0.25, 0.3) is 0 Å². The third-order valence-corrected chi connectivity index (χ3v) is 4.47. The Morgan fingerprint density at radius 1 is 1.29 bits per heavy atom. The van der Waals surface area contributed by atoms with E-state index in [9.17, 15) is 9.59 Å². The zero-order valence-electron chi connectivity index (χ0n) is 11.6. The molecule has 1 N–H and O–H groups in total. The van der Waals surface area contributed by atoms with Crippen LogP contribution < -0.4 is 9.80 Å². The van der Waals surface area contributed by atoms with Crippen molar-refractivity contribution in [3.05, 3.63) is 23.2 Å². The lowest BCUT2D eigenvalue weighted by Crippen LogP contribution is -2.26. The Kier molecular flexibility index (Phi) is 3.76. The van der Waals surface area contributed by atoms with Gasteiger partial charge in [0.1, 0.15) is 0 Å². The van der Waals surface area contributed by atoms with Gasteiger partial charge in [0.15, 0.2) is 0 Å². The molecule has 3 rings (SSSR count). The molecule has 1 aromatic carbocycles. The van der Waals surface area contributed by atoms with E-state index in [0.717, 1.165) is 18.8 Å². The van der Waals surface area contributed by atoms with Gasteiger partial charge in [-0.15, -0.1) is 0 Å². The number of rotatable bonds is 3. The van der Waals surface area contributed by atoms with Gasteiger partial charge in [-0.05, 0) is 31.0 Å². The van der Waals surface area contributed by atoms with Gasteiger partial charge in [-0.1, -0.05) is 11.6 Å². The van der Waals surface area contributed by atoms with Crippen molar-refractivity contribution in [1.82, 2.24) is 0 Å². The Morgan fingerprint density at radius 3 is 2.57 bits per heavy atom. The highest BCUT2D eigenvalue weighted by molar-refractivity contribution is 6.33. The number of hydrogen-bond donors (Lipinski definition) is 1. The minimum Gasteiger partial charge on any atom is -0.481 e. The third kappa shape index (κ3) is 2.70. The van der Waals surface area contributed by atoms with Crippen LogP contribution in [0.5, 0.6) is 0 Å². The molecule has 2 aliphatic rings. The summed E-state index contributed by atoms with van der Waals surface area (Å²) in [5.41, 5.74) is 1.66. The fourth-order valence-electron chi connectivity index (χ4n) is 3.00. The van der Waals surface area contributed by atoms with E-state index in [-0.39, 0.29) is 18.9 Å². The van der Waals surface area contributed by atoms with Gasteiger partial charge >= 0.3 is 5.97 Å². The molecule has 21 heavy (non-hydrogen) atoms. The van der Waals surface area contributed by atoms with E-state index >= 15 is 0 Å². The summed E-state index contributed by atoms with van der Waals surface area (Å²) in [5, 5.41) is 9.64. The van der Waals surface area contributed by atoms with Gasteiger partial charge in [0, 0.05) is 31.7 Å². The van der Waals surface area contributed by atoms with Crippen molar-refractivity contribution in [3.8, 4) is 0 Å². The highest BCUT2D eigenvalue weighted by Crippen LogP contribution is 2.34. The second kappa shape index (κ2) is 5.56. The first-order valence-electron chi connectivity index (χ1n) is 7.14. The van der Waals surface area contributed by atoms with E-state index in [0.29, 0.717) is 10.7 Å². The number of carbonyl (C=O) groups excluding carboxylic acids is 1. The Labute approximate surface area is 128 Å². The van der Waals surface area contributed by atoms with Crippen LogP contribution >= 0.6 is 11.6 Å². The van der Waals surface area contributed by atoms with E-state index < -0.39 is 11.9 Å². The number of anilines is 2. The molecule has 112 valence electrons. The van der Waals surface area contributed by atoms with Gasteiger partial charge in [-0.25, -0.2) is 0 Å². The summed E-state index contributed by atoms with van der Waals surface area (Å²) < 4.78 is 0. The predicted octanol–water partition coefficient (Wildman–Crippen LogP) is 2.38. The lowest BCUT2D eigenvalue weighted by molar-refractivity contribution is -0.141. The summed E-state index contributed by atoms with van der Waals surface area (Å²) in [4.78, 5) is 26.7. The second-order valence-corrected chi connectivity index (χ2v) is 5.98. The maximum absolute atomic E-state index is 12.0. The quantitative estimate of drug-likeness (QED) is 0.931. The maximum atomic E-state index is 12.0. The van der Waals surface area contributed by atoms with Crippen molar-refractivity contribution in [1.29, 1.82) is 0 Å². The third-order valence-electron chi connectivity index (χ3n) is 4.16. The fraction of sp³-hybridized carbons (Fsp3) is 0.467. The summed E-state index contributed by atoms with van der Waals surface area (Å²) >= 11 is 6.34. The van der Waals surface area contributed by atoms with Crippen molar-refractivity contribution in [2.24, 2.45) is 5.92 Å². The van der Waals surface area contributed by atoms with Crippen molar-refractivity contribution < 1.29 is 14.7 Å². The van der Waals surface area contributed by atoms with Crippen molar-refractivity contribution >= 4 is 34.9 Å². The predicted molar refractivity (Wildman–Crippen MR) is 81.0 cm³/mol. The van der Waals surface area contributed by atoms with Crippen molar-refractivity contribution in [2.45, 2.75) is 19.3 Å². The smallest absolute Gasteiger partial charge is 0.308 e. The summed E-state index contributed by atoms with van der Waals surface area (Å²) in [6.07, 6.45) is 2.40. The summed E-state index contributed by atoms with van der Waals surface area (Å²) in [5.74, 6) is -1.72. The SMILES string of the molecule is O=C(O)C1CC(=O)N(c2ccc(N3CCCC3)c(Cl)c2)C1.